The van der Waals surface area contributed by atoms with Crippen molar-refractivity contribution >= 4 is 16.1 Å². The molecule has 1 amide bonds. The SMILES string of the molecule is CC(C)CN(C[C@H](O)[C@H](Cc1ccc(OCCCCN)cc1)NC(=O)O)S(=O)(=O)c1ccc2c(c1)OCO2. The van der Waals surface area contributed by atoms with Gasteiger partial charge in [-0.1, -0.05) is 26.0 Å². The number of nitrogens with two attached hydrogens (primary N) is 1. The van der Waals surface area contributed by atoms with E-state index >= 15 is 0 Å². The minimum atomic E-state index is -4.03. The Kier molecular flexibility index (Phi) is 10.6. The fourth-order valence-corrected chi connectivity index (χ4v) is 5.69. The van der Waals surface area contributed by atoms with E-state index < -0.39 is 28.3 Å². The lowest BCUT2D eigenvalue weighted by molar-refractivity contribution is 0.0980. The van der Waals surface area contributed by atoms with Crippen LogP contribution in [0.1, 0.15) is 32.3 Å². The normalized spacial score (nSPS) is 14.5. The van der Waals surface area contributed by atoms with Gasteiger partial charge in [-0.15, -0.1) is 0 Å². The molecule has 0 saturated carbocycles. The average Bonchev–Trinajstić information content (AvgIpc) is 3.34. The fourth-order valence-electron chi connectivity index (χ4n) is 4.05. The highest BCUT2D eigenvalue weighted by Crippen LogP contribution is 2.35. The lowest BCUT2D eigenvalue weighted by atomic mass is 10.0. The van der Waals surface area contributed by atoms with Crippen LogP contribution in [-0.4, -0.2) is 74.2 Å². The van der Waals surface area contributed by atoms with Gasteiger partial charge in [0.1, 0.15) is 5.75 Å². The van der Waals surface area contributed by atoms with E-state index in [1.807, 2.05) is 13.8 Å². The van der Waals surface area contributed by atoms with Crippen molar-refractivity contribution in [2.75, 3.05) is 33.0 Å². The molecule has 12 heteroatoms. The molecule has 38 heavy (non-hydrogen) atoms. The number of fused-ring (bicyclic) bond motifs is 1. The molecule has 0 spiro atoms. The zero-order valence-corrected chi connectivity index (χ0v) is 22.5. The topological polar surface area (TPSA) is 161 Å². The molecule has 0 fully saturated rings. The maximum absolute atomic E-state index is 13.5. The highest BCUT2D eigenvalue weighted by Gasteiger charge is 2.32. The molecule has 0 radical (unpaired) electrons. The van der Waals surface area contributed by atoms with Crippen molar-refractivity contribution in [1.82, 2.24) is 9.62 Å². The van der Waals surface area contributed by atoms with E-state index in [-0.39, 0.29) is 37.1 Å². The van der Waals surface area contributed by atoms with Gasteiger partial charge in [0.2, 0.25) is 16.8 Å². The molecule has 11 nitrogen and oxygen atoms in total. The first kappa shape index (κ1) is 29.5. The summed E-state index contributed by atoms with van der Waals surface area (Å²) >= 11 is 0. The minimum Gasteiger partial charge on any atom is -0.494 e. The molecule has 0 aliphatic carbocycles. The predicted octanol–water partition coefficient (Wildman–Crippen LogP) is 2.42. The zero-order chi connectivity index (χ0) is 27.7. The van der Waals surface area contributed by atoms with Crippen LogP contribution in [0.5, 0.6) is 17.2 Å². The first-order valence-corrected chi connectivity index (χ1v) is 14.0. The molecule has 2 aromatic carbocycles. The van der Waals surface area contributed by atoms with E-state index in [0.717, 1.165) is 18.4 Å². The first-order valence-electron chi connectivity index (χ1n) is 12.6. The number of ether oxygens (including phenoxy) is 3. The van der Waals surface area contributed by atoms with Gasteiger partial charge in [0.25, 0.3) is 0 Å². The fraction of sp³-hybridized carbons (Fsp3) is 0.500. The van der Waals surface area contributed by atoms with Crippen molar-refractivity contribution in [3.63, 3.8) is 0 Å². The Labute approximate surface area is 223 Å². The Morgan fingerprint density at radius 3 is 2.47 bits per heavy atom. The Hall–Kier alpha value is -3.06. The van der Waals surface area contributed by atoms with E-state index in [0.29, 0.717) is 30.4 Å². The molecule has 5 N–H and O–H groups in total. The lowest BCUT2D eigenvalue weighted by Gasteiger charge is -2.30. The number of aliphatic hydroxyl groups is 1. The third-order valence-electron chi connectivity index (χ3n) is 5.96. The standard InChI is InChI=1S/C26H37N3O8S/c1-18(2)15-29(38(33,34)21-9-10-24-25(14-21)37-17-36-24)16-23(30)22(28-26(31)32)13-19-5-7-20(8-6-19)35-12-4-3-11-27/h5-10,14,18,22-23,28,30H,3-4,11-13,15-17,27H2,1-2H3,(H,31,32)/t22-,23-/m0/s1. The Morgan fingerprint density at radius 1 is 1.11 bits per heavy atom. The molecule has 1 aliphatic rings. The van der Waals surface area contributed by atoms with Crippen LogP contribution in [0.3, 0.4) is 0 Å². The van der Waals surface area contributed by atoms with Crippen molar-refractivity contribution < 1.29 is 37.6 Å². The van der Waals surface area contributed by atoms with Gasteiger partial charge in [-0.05, 0) is 61.6 Å². The summed E-state index contributed by atoms with van der Waals surface area (Å²) in [6, 6.07) is 10.5. The molecule has 2 aromatic rings. The quantitative estimate of drug-likeness (QED) is 0.244. The molecular formula is C26H37N3O8S. The van der Waals surface area contributed by atoms with Gasteiger partial charge < -0.3 is 35.5 Å². The van der Waals surface area contributed by atoms with E-state index in [4.69, 9.17) is 19.9 Å². The van der Waals surface area contributed by atoms with E-state index in [1.165, 1.54) is 22.5 Å². The van der Waals surface area contributed by atoms with E-state index in [2.05, 4.69) is 5.32 Å². The van der Waals surface area contributed by atoms with Crippen LogP contribution < -0.4 is 25.3 Å². The van der Waals surface area contributed by atoms with Crippen molar-refractivity contribution in [1.29, 1.82) is 0 Å². The summed E-state index contributed by atoms with van der Waals surface area (Å²) in [6.45, 7) is 4.71. The maximum atomic E-state index is 13.5. The van der Waals surface area contributed by atoms with Crippen molar-refractivity contribution in [3.05, 3.63) is 48.0 Å². The summed E-state index contributed by atoms with van der Waals surface area (Å²) in [6.07, 6.45) is -0.766. The Balaban J connectivity index is 1.74. The number of rotatable bonds is 15. The Bertz CT molecular complexity index is 1160. The second-order valence-electron chi connectivity index (χ2n) is 9.55. The smallest absolute Gasteiger partial charge is 0.404 e. The Morgan fingerprint density at radius 2 is 1.82 bits per heavy atom. The van der Waals surface area contributed by atoms with E-state index in [1.54, 1.807) is 24.3 Å². The molecule has 0 bridgehead atoms. The van der Waals surface area contributed by atoms with Gasteiger partial charge in [-0.25, -0.2) is 13.2 Å². The van der Waals surface area contributed by atoms with Crippen LogP contribution in [0.15, 0.2) is 47.4 Å². The van der Waals surface area contributed by atoms with Crippen molar-refractivity contribution in [2.24, 2.45) is 11.7 Å². The molecule has 0 unspecified atom stereocenters. The monoisotopic (exact) mass is 551 g/mol. The van der Waals surface area contributed by atoms with Gasteiger partial charge in [0.15, 0.2) is 11.5 Å². The number of hydrogen-bond donors (Lipinski definition) is 4. The number of unbranched alkanes of at least 4 members (excludes halogenated alkanes) is 1. The third-order valence-corrected chi connectivity index (χ3v) is 7.79. The number of carbonyl (C=O) groups is 1. The number of amides is 1. The zero-order valence-electron chi connectivity index (χ0n) is 21.7. The summed E-state index contributed by atoms with van der Waals surface area (Å²) in [4.78, 5) is 11.5. The second kappa shape index (κ2) is 13.7. The van der Waals surface area contributed by atoms with Crippen LogP contribution in [0.2, 0.25) is 0 Å². The van der Waals surface area contributed by atoms with Crippen LogP contribution in [0.25, 0.3) is 0 Å². The molecule has 0 aromatic heterocycles. The van der Waals surface area contributed by atoms with Gasteiger partial charge >= 0.3 is 6.09 Å². The highest BCUT2D eigenvalue weighted by molar-refractivity contribution is 7.89. The number of nitrogens with one attached hydrogen (secondary N) is 1. The first-order chi connectivity index (χ1) is 18.1. The highest BCUT2D eigenvalue weighted by atomic mass is 32.2. The van der Waals surface area contributed by atoms with Gasteiger partial charge in [0, 0.05) is 19.2 Å². The average molecular weight is 552 g/mol. The van der Waals surface area contributed by atoms with Crippen LogP contribution in [-0.2, 0) is 16.4 Å². The summed E-state index contributed by atoms with van der Waals surface area (Å²) in [7, 11) is -4.03. The summed E-state index contributed by atoms with van der Waals surface area (Å²) in [5, 5.41) is 22.8. The van der Waals surface area contributed by atoms with Gasteiger partial charge in [-0.2, -0.15) is 4.31 Å². The molecule has 210 valence electrons. The molecular weight excluding hydrogens is 514 g/mol. The number of carboxylic acid groups (broad SMARTS) is 1. The summed E-state index contributed by atoms with van der Waals surface area (Å²) < 4.78 is 44.5. The molecule has 1 aliphatic heterocycles. The maximum Gasteiger partial charge on any atom is 0.404 e. The largest absolute Gasteiger partial charge is 0.494 e. The number of sulfonamides is 1. The summed E-state index contributed by atoms with van der Waals surface area (Å²) in [5.74, 6) is 1.41. The number of hydrogen-bond acceptors (Lipinski definition) is 8. The van der Waals surface area contributed by atoms with E-state index in [9.17, 15) is 23.4 Å². The molecule has 3 rings (SSSR count). The van der Waals surface area contributed by atoms with Crippen molar-refractivity contribution in [3.8, 4) is 17.2 Å². The number of nitrogens with zero attached hydrogens (tertiary/aromatic N) is 1. The van der Waals surface area contributed by atoms with Gasteiger partial charge in [-0.3, -0.25) is 0 Å². The third kappa shape index (κ3) is 8.22. The number of aliphatic hydroxyl groups excluding tert-OH is 1. The molecule has 0 saturated heterocycles. The summed E-state index contributed by atoms with van der Waals surface area (Å²) in [5.41, 5.74) is 6.25. The molecule has 1 heterocycles. The lowest BCUT2D eigenvalue weighted by Crippen LogP contribution is -2.50. The minimum absolute atomic E-state index is 0.000560. The van der Waals surface area contributed by atoms with Crippen LogP contribution >= 0.6 is 0 Å². The van der Waals surface area contributed by atoms with Crippen LogP contribution in [0, 0.1) is 5.92 Å². The predicted molar refractivity (Wildman–Crippen MR) is 141 cm³/mol. The van der Waals surface area contributed by atoms with Crippen molar-refractivity contribution in [2.45, 2.75) is 50.2 Å². The van der Waals surface area contributed by atoms with Crippen LogP contribution in [0.4, 0.5) is 4.79 Å². The molecule has 2 atom stereocenters. The van der Waals surface area contributed by atoms with Gasteiger partial charge in [0.05, 0.1) is 23.6 Å². The number of benzene rings is 2. The second-order valence-corrected chi connectivity index (χ2v) is 11.5.